The van der Waals surface area contributed by atoms with E-state index < -0.39 is 22.5 Å². The maximum atomic E-state index is 13.0. The van der Waals surface area contributed by atoms with E-state index in [2.05, 4.69) is 10.3 Å². The molecule has 7 N–H and O–H groups in total. The maximum Gasteiger partial charge on any atom is 0.244 e. The lowest BCUT2D eigenvalue weighted by atomic mass is 9.94. The van der Waals surface area contributed by atoms with E-state index in [0.29, 0.717) is 13.1 Å². The Morgan fingerprint density at radius 2 is 2.04 bits per heavy atom. The number of carbonyl (C=O) groups excluding carboxylic acids is 1. The Kier molecular flexibility index (Phi) is 2.94. The van der Waals surface area contributed by atoms with Crippen LogP contribution in [0.4, 0.5) is 0 Å². The van der Waals surface area contributed by atoms with Gasteiger partial charge in [-0.25, -0.2) is 10.8 Å². The van der Waals surface area contributed by atoms with Gasteiger partial charge in [0, 0.05) is 31.7 Å². The van der Waals surface area contributed by atoms with Crippen molar-refractivity contribution in [1.82, 2.24) is 19.7 Å². The normalized spacial score (nSPS) is 32.0. The first kappa shape index (κ1) is 15.5. The lowest BCUT2D eigenvalue weighted by Gasteiger charge is -2.36. The number of hydrazine groups is 1. The van der Waals surface area contributed by atoms with E-state index >= 15 is 0 Å². The van der Waals surface area contributed by atoms with Crippen LogP contribution in [0, 0.1) is 5.92 Å². The number of aromatic nitrogens is 2. The summed E-state index contributed by atoms with van der Waals surface area (Å²) in [5.41, 5.74) is 12.3. The van der Waals surface area contributed by atoms with Crippen LogP contribution in [-0.2, 0) is 10.3 Å². The molecular formula is C16H23N7O. The minimum absolute atomic E-state index is 0.211. The molecule has 1 aliphatic heterocycles. The number of nitrogens with zero attached hydrogens (tertiary/aromatic N) is 3. The van der Waals surface area contributed by atoms with Gasteiger partial charge in [-0.15, -0.1) is 0 Å². The van der Waals surface area contributed by atoms with Gasteiger partial charge in [0.05, 0.1) is 22.5 Å². The molecule has 0 bridgehead atoms. The monoisotopic (exact) mass is 329 g/mol. The van der Waals surface area contributed by atoms with E-state index in [1.54, 1.807) is 6.20 Å². The summed E-state index contributed by atoms with van der Waals surface area (Å²) in [5, 5.41) is 4.42. The molecule has 8 heteroatoms. The third-order valence-electron chi connectivity index (χ3n) is 5.83. The molecule has 0 aromatic carbocycles. The molecule has 0 radical (unpaired) electrons. The molecule has 2 aromatic rings. The van der Waals surface area contributed by atoms with Crippen LogP contribution >= 0.6 is 0 Å². The number of imidazole rings is 1. The van der Waals surface area contributed by atoms with Gasteiger partial charge >= 0.3 is 0 Å². The van der Waals surface area contributed by atoms with E-state index in [1.165, 1.54) is 5.01 Å². The largest absolute Gasteiger partial charge is 0.322 e. The minimum Gasteiger partial charge on any atom is -0.322 e. The van der Waals surface area contributed by atoms with Gasteiger partial charge in [0.15, 0.2) is 0 Å². The summed E-state index contributed by atoms with van der Waals surface area (Å²) in [6.07, 6.45) is 5.52. The zero-order valence-electron chi connectivity index (χ0n) is 13.9. The van der Waals surface area contributed by atoms with Gasteiger partial charge in [-0.3, -0.25) is 9.80 Å². The van der Waals surface area contributed by atoms with Crippen LogP contribution in [-0.4, -0.2) is 44.5 Å². The van der Waals surface area contributed by atoms with Crippen LogP contribution in [0.15, 0.2) is 30.7 Å². The summed E-state index contributed by atoms with van der Waals surface area (Å²) in [5.74, 6) is 5.57. The molecule has 8 nitrogen and oxygen atoms in total. The van der Waals surface area contributed by atoms with Crippen LogP contribution in [0.25, 0.3) is 5.65 Å². The van der Waals surface area contributed by atoms with Crippen molar-refractivity contribution in [2.75, 3.05) is 13.1 Å². The van der Waals surface area contributed by atoms with Crippen LogP contribution in [0.1, 0.15) is 19.4 Å². The number of fused-ring (bicyclic) bond motifs is 2. The molecule has 1 aliphatic carbocycles. The van der Waals surface area contributed by atoms with Crippen LogP contribution in [0.3, 0.4) is 0 Å². The Bertz CT molecular complexity index is 815. The molecule has 0 spiro atoms. The van der Waals surface area contributed by atoms with Crippen molar-refractivity contribution in [3.05, 3.63) is 36.3 Å². The number of nitrogens with one attached hydrogen (secondary N) is 1. The van der Waals surface area contributed by atoms with Gasteiger partial charge in [-0.1, -0.05) is 6.07 Å². The van der Waals surface area contributed by atoms with Crippen LogP contribution < -0.4 is 22.6 Å². The van der Waals surface area contributed by atoms with Crippen molar-refractivity contribution >= 4 is 11.6 Å². The number of nitrogens with two attached hydrogens (primary N) is 3. The number of rotatable bonds is 3. The molecule has 2 aromatic heterocycles. The topological polar surface area (TPSA) is 128 Å². The Morgan fingerprint density at radius 1 is 1.38 bits per heavy atom. The average Bonchev–Trinajstić information content (AvgIpc) is 2.92. The zero-order chi connectivity index (χ0) is 17.3. The highest BCUT2D eigenvalue weighted by atomic mass is 16.2. The van der Waals surface area contributed by atoms with E-state index in [1.807, 2.05) is 42.8 Å². The fourth-order valence-corrected chi connectivity index (χ4v) is 3.94. The number of piperidine rings is 1. The smallest absolute Gasteiger partial charge is 0.244 e. The van der Waals surface area contributed by atoms with Crippen molar-refractivity contribution in [1.29, 1.82) is 0 Å². The number of amides is 1. The predicted octanol–water partition coefficient (Wildman–Crippen LogP) is -1.10. The minimum atomic E-state index is -0.702. The molecule has 0 unspecified atom stereocenters. The van der Waals surface area contributed by atoms with Gasteiger partial charge in [0.25, 0.3) is 0 Å². The van der Waals surface area contributed by atoms with E-state index in [0.717, 1.165) is 11.2 Å². The lowest BCUT2D eigenvalue weighted by molar-refractivity contribution is -0.139. The number of hydrogen-bond acceptors (Lipinski definition) is 6. The van der Waals surface area contributed by atoms with Crippen molar-refractivity contribution in [3.63, 3.8) is 0 Å². The van der Waals surface area contributed by atoms with E-state index in [9.17, 15) is 4.79 Å². The van der Waals surface area contributed by atoms with Crippen molar-refractivity contribution < 1.29 is 4.79 Å². The molecule has 1 amide bonds. The third-order valence-corrected chi connectivity index (χ3v) is 5.83. The maximum absolute atomic E-state index is 13.0. The van der Waals surface area contributed by atoms with Gasteiger partial charge < -0.3 is 21.2 Å². The van der Waals surface area contributed by atoms with Crippen molar-refractivity contribution in [3.8, 4) is 0 Å². The molecule has 1 saturated carbocycles. The first-order valence-electron chi connectivity index (χ1n) is 8.02. The third kappa shape index (κ3) is 1.76. The van der Waals surface area contributed by atoms with E-state index in [4.69, 9.17) is 17.3 Å². The second-order valence-corrected chi connectivity index (χ2v) is 7.50. The Morgan fingerprint density at radius 3 is 2.71 bits per heavy atom. The molecule has 2 aliphatic rings. The summed E-state index contributed by atoms with van der Waals surface area (Å²) in [7, 11) is 0. The quantitative estimate of drug-likeness (QED) is 0.321. The van der Waals surface area contributed by atoms with Crippen LogP contribution in [0.5, 0.6) is 0 Å². The number of carbonyl (C=O) groups is 1. The Labute approximate surface area is 140 Å². The highest BCUT2D eigenvalue weighted by Crippen LogP contribution is 2.54. The molecule has 3 atom stereocenters. The van der Waals surface area contributed by atoms with Gasteiger partial charge in [-0.05, 0) is 25.5 Å². The van der Waals surface area contributed by atoms with Crippen LogP contribution in [0.2, 0.25) is 0 Å². The van der Waals surface area contributed by atoms with Gasteiger partial charge in [0.2, 0.25) is 5.91 Å². The lowest BCUT2D eigenvalue weighted by Crippen LogP contribution is -2.53. The van der Waals surface area contributed by atoms with Crippen molar-refractivity contribution in [2.45, 2.75) is 30.5 Å². The number of pyridine rings is 1. The standard InChI is InChI=1S/C16H23N7O/c1-14(2,10-3-4-11-21-5-6-22(11)7-10)23(19)13(24)12-15(17)8-20-9-16(12,15)18/h3-7,12,20H,8-9,17-19H2,1-2H3/t12-,15+,16-. The highest BCUT2D eigenvalue weighted by Gasteiger charge is 2.79. The average molecular weight is 329 g/mol. The fourth-order valence-electron chi connectivity index (χ4n) is 3.94. The second-order valence-electron chi connectivity index (χ2n) is 7.50. The van der Waals surface area contributed by atoms with Gasteiger partial charge in [-0.2, -0.15) is 0 Å². The summed E-state index contributed by atoms with van der Waals surface area (Å²) in [6.45, 7) is 4.89. The highest BCUT2D eigenvalue weighted by molar-refractivity contribution is 5.88. The molecule has 4 rings (SSSR count). The number of hydrogen-bond donors (Lipinski definition) is 4. The van der Waals surface area contributed by atoms with Crippen molar-refractivity contribution in [2.24, 2.45) is 23.2 Å². The first-order chi connectivity index (χ1) is 11.2. The summed E-state index contributed by atoms with van der Waals surface area (Å²) < 4.78 is 1.90. The summed E-state index contributed by atoms with van der Waals surface area (Å²) in [6, 6.07) is 3.83. The summed E-state index contributed by atoms with van der Waals surface area (Å²) in [4.78, 5) is 17.2. The fraction of sp³-hybridized carbons (Fsp3) is 0.500. The zero-order valence-corrected chi connectivity index (χ0v) is 13.9. The Hall–Kier alpha value is -2.00. The van der Waals surface area contributed by atoms with E-state index in [-0.39, 0.29) is 5.91 Å². The predicted molar refractivity (Wildman–Crippen MR) is 89.4 cm³/mol. The Balaban J connectivity index is 1.63. The molecule has 24 heavy (non-hydrogen) atoms. The SMILES string of the molecule is CC(C)(c1ccc2nccn2c1)N(N)C(=O)[C@H]1[C@]2(N)CNC[C@]12N. The van der Waals surface area contributed by atoms with Gasteiger partial charge in [0.1, 0.15) is 5.65 Å². The summed E-state index contributed by atoms with van der Waals surface area (Å²) >= 11 is 0. The molecule has 2 fully saturated rings. The molecule has 1 saturated heterocycles. The second kappa shape index (κ2) is 4.54. The molecular weight excluding hydrogens is 306 g/mol. The first-order valence-corrected chi connectivity index (χ1v) is 8.02. The molecule has 3 heterocycles. The molecule has 128 valence electrons.